The third-order valence-electron chi connectivity index (χ3n) is 7.29. The van der Waals surface area contributed by atoms with Crippen molar-refractivity contribution in [3.63, 3.8) is 0 Å². The zero-order valence-electron chi connectivity index (χ0n) is 19.2. The fourth-order valence-corrected chi connectivity index (χ4v) is 5.73. The highest BCUT2D eigenvalue weighted by Crippen LogP contribution is 2.57. The van der Waals surface area contributed by atoms with Gasteiger partial charge in [0, 0.05) is 13.1 Å². The molecule has 4 rings (SSSR count). The minimum Gasteiger partial charge on any atom is -0.465 e. The number of nitrogens with zero attached hydrogens (tertiary/aromatic N) is 2. The van der Waals surface area contributed by atoms with Crippen LogP contribution in [0, 0.1) is 11.8 Å². The smallest absolute Gasteiger partial charge is 0.313 e. The summed E-state index contributed by atoms with van der Waals surface area (Å²) in [4.78, 5) is 44.1. The standard InChI is InChI=1S/C24H34N2O6/c1-4-5-12-25-13-9-11-24-17(20(28)26(16(2)15-27)19(24)21(25)29)18-22(30)31-14-8-6-7-10-23(18,3)32-24/h7,9-11,16-19,27H,4-6,8,12-15H2,1-3H3/b10-7-/t16-,17+,18-,19?,23+,24+/m1/s1. The molecule has 0 aromatic rings. The number of likely N-dealkylation sites (tertiary alicyclic amines) is 1. The van der Waals surface area contributed by atoms with E-state index in [4.69, 9.17) is 9.47 Å². The van der Waals surface area contributed by atoms with Crippen LogP contribution in [0.4, 0.5) is 0 Å². The van der Waals surface area contributed by atoms with Crippen molar-refractivity contribution >= 4 is 17.8 Å². The molecule has 4 aliphatic heterocycles. The molecule has 1 unspecified atom stereocenters. The molecule has 4 aliphatic rings. The maximum Gasteiger partial charge on any atom is 0.313 e. The number of amides is 2. The molecule has 176 valence electrons. The van der Waals surface area contributed by atoms with Gasteiger partial charge < -0.3 is 24.4 Å². The Labute approximate surface area is 189 Å². The molecule has 0 bridgehead atoms. The maximum atomic E-state index is 13.9. The summed E-state index contributed by atoms with van der Waals surface area (Å²) in [6, 6.07) is -1.53. The van der Waals surface area contributed by atoms with E-state index in [0.29, 0.717) is 19.5 Å². The summed E-state index contributed by atoms with van der Waals surface area (Å²) in [7, 11) is 0. The fraction of sp³-hybridized carbons (Fsp3) is 0.708. The van der Waals surface area contributed by atoms with Gasteiger partial charge in [-0.05, 0) is 33.1 Å². The molecule has 0 aromatic carbocycles. The predicted octanol–water partition coefficient (Wildman–Crippen LogP) is 1.43. The fourth-order valence-electron chi connectivity index (χ4n) is 5.73. The van der Waals surface area contributed by atoms with Gasteiger partial charge in [-0.3, -0.25) is 14.4 Å². The molecule has 1 N–H and O–H groups in total. The first-order valence-electron chi connectivity index (χ1n) is 11.7. The van der Waals surface area contributed by atoms with E-state index in [2.05, 4.69) is 6.92 Å². The van der Waals surface area contributed by atoms with Gasteiger partial charge >= 0.3 is 5.97 Å². The lowest BCUT2D eigenvalue weighted by atomic mass is 9.74. The number of fused-ring (bicyclic) bond motifs is 2. The third kappa shape index (κ3) is 3.39. The number of aliphatic hydroxyl groups excluding tert-OH is 1. The monoisotopic (exact) mass is 446 g/mol. The van der Waals surface area contributed by atoms with Gasteiger partial charge in [-0.15, -0.1) is 0 Å². The summed E-state index contributed by atoms with van der Waals surface area (Å²) >= 11 is 0. The molecule has 0 saturated carbocycles. The Hall–Kier alpha value is -2.19. The molecule has 4 heterocycles. The van der Waals surface area contributed by atoms with Crippen molar-refractivity contribution in [2.24, 2.45) is 11.8 Å². The number of esters is 1. The van der Waals surface area contributed by atoms with Crippen LogP contribution in [-0.4, -0.2) is 82.3 Å². The van der Waals surface area contributed by atoms with Gasteiger partial charge in [0.1, 0.15) is 17.6 Å². The van der Waals surface area contributed by atoms with Crippen LogP contribution < -0.4 is 0 Å². The normalized spacial score (nSPS) is 38.8. The number of carbonyl (C=O) groups is 3. The van der Waals surface area contributed by atoms with Gasteiger partial charge in [0.2, 0.25) is 11.8 Å². The minimum atomic E-state index is -1.29. The minimum absolute atomic E-state index is 0.202. The van der Waals surface area contributed by atoms with Crippen molar-refractivity contribution in [3.05, 3.63) is 24.3 Å². The lowest BCUT2D eigenvalue weighted by Crippen LogP contribution is -2.58. The largest absolute Gasteiger partial charge is 0.465 e. The first-order valence-corrected chi connectivity index (χ1v) is 11.7. The molecule has 0 aromatic heterocycles. The van der Waals surface area contributed by atoms with Crippen LogP contribution in [0.3, 0.4) is 0 Å². The van der Waals surface area contributed by atoms with Crippen LogP contribution in [-0.2, 0) is 23.9 Å². The Bertz CT molecular complexity index is 840. The Kier molecular flexibility index (Phi) is 6.20. The summed E-state index contributed by atoms with van der Waals surface area (Å²) in [5.41, 5.74) is -2.36. The molecule has 1 spiro atoms. The topological polar surface area (TPSA) is 96.4 Å². The van der Waals surface area contributed by atoms with Gasteiger partial charge in [0.05, 0.1) is 30.8 Å². The highest BCUT2D eigenvalue weighted by Gasteiger charge is 2.75. The summed E-state index contributed by atoms with van der Waals surface area (Å²) in [6.07, 6.45) is 10.8. The highest BCUT2D eigenvalue weighted by molar-refractivity contribution is 5.99. The summed E-state index contributed by atoms with van der Waals surface area (Å²) in [5.74, 6) is -2.79. The molecule has 2 amide bonds. The van der Waals surface area contributed by atoms with E-state index in [9.17, 15) is 19.5 Å². The molecule has 8 heteroatoms. The highest BCUT2D eigenvalue weighted by atomic mass is 16.6. The number of cyclic esters (lactones) is 1. The SMILES string of the molecule is CCCCN1CC=C[C@]23O[C@@]4(C)/C=C\CCCOC(=O)[C@H]4[C@H]2C(=O)N([C@H](C)CO)C3C1=O. The molecular weight excluding hydrogens is 412 g/mol. The Morgan fingerprint density at radius 2 is 1.97 bits per heavy atom. The second kappa shape index (κ2) is 8.63. The summed E-state index contributed by atoms with van der Waals surface area (Å²) < 4.78 is 12.2. The number of ether oxygens (including phenoxy) is 2. The zero-order chi connectivity index (χ0) is 23.1. The molecule has 32 heavy (non-hydrogen) atoms. The molecule has 0 aliphatic carbocycles. The average Bonchev–Trinajstić information content (AvgIpc) is 3.12. The van der Waals surface area contributed by atoms with Gasteiger partial charge in [-0.25, -0.2) is 0 Å². The van der Waals surface area contributed by atoms with E-state index in [-0.39, 0.29) is 25.0 Å². The van der Waals surface area contributed by atoms with Gasteiger partial charge in [-0.1, -0.05) is 37.6 Å². The van der Waals surface area contributed by atoms with Gasteiger partial charge in [0.15, 0.2) is 0 Å². The molecule has 0 radical (unpaired) electrons. The molecule has 6 atom stereocenters. The lowest BCUT2D eigenvalue weighted by molar-refractivity contribution is -0.161. The van der Waals surface area contributed by atoms with E-state index in [1.165, 1.54) is 4.90 Å². The van der Waals surface area contributed by atoms with Crippen molar-refractivity contribution in [1.82, 2.24) is 9.80 Å². The number of allylic oxidation sites excluding steroid dienone is 1. The van der Waals surface area contributed by atoms with Crippen LogP contribution in [0.1, 0.15) is 46.5 Å². The second-order valence-corrected chi connectivity index (χ2v) is 9.53. The number of aliphatic hydroxyl groups is 1. The van der Waals surface area contributed by atoms with Crippen molar-refractivity contribution in [2.75, 3.05) is 26.3 Å². The van der Waals surface area contributed by atoms with E-state index >= 15 is 0 Å². The van der Waals surface area contributed by atoms with E-state index < -0.39 is 41.1 Å². The van der Waals surface area contributed by atoms with E-state index in [1.54, 1.807) is 18.7 Å². The second-order valence-electron chi connectivity index (χ2n) is 9.53. The first-order chi connectivity index (χ1) is 15.3. The lowest BCUT2D eigenvalue weighted by Gasteiger charge is -2.39. The Balaban J connectivity index is 1.85. The quantitative estimate of drug-likeness (QED) is 0.507. The van der Waals surface area contributed by atoms with Crippen LogP contribution >= 0.6 is 0 Å². The number of rotatable bonds is 5. The molecule has 2 fully saturated rings. The van der Waals surface area contributed by atoms with E-state index in [1.807, 2.05) is 24.3 Å². The summed E-state index contributed by atoms with van der Waals surface area (Å²) in [6.45, 7) is 6.57. The van der Waals surface area contributed by atoms with Crippen LogP contribution in [0.5, 0.6) is 0 Å². The molecular formula is C24H34N2O6. The van der Waals surface area contributed by atoms with E-state index in [0.717, 1.165) is 19.3 Å². The van der Waals surface area contributed by atoms with Crippen molar-refractivity contribution in [1.29, 1.82) is 0 Å². The average molecular weight is 447 g/mol. The molecule has 2 saturated heterocycles. The van der Waals surface area contributed by atoms with Crippen LogP contribution in [0.25, 0.3) is 0 Å². The Morgan fingerprint density at radius 1 is 1.19 bits per heavy atom. The Morgan fingerprint density at radius 3 is 2.69 bits per heavy atom. The van der Waals surface area contributed by atoms with Crippen molar-refractivity contribution in [3.8, 4) is 0 Å². The zero-order valence-corrected chi connectivity index (χ0v) is 19.2. The number of hydrogen-bond acceptors (Lipinski definition) is 6. The number of hydrogen-bond donors (Lipinski definition) is 1. The van der Waals surface area contributed by atoms with Crippen molar-refractivity contribution in [2.45, 2.75) is 69.7 Å². The maximum absolute atomic E-state index is 13.9. The van der Waals surface area contributed by atoms with Gasteiger partial charge in [0.25, 0.3) is 0 Å². The van der Waals surface area contributed by atoms with Crippen molar-refractivity contribution < 1.29 is 29.0 Å². The van der Waals surface area contributed by atoms with Gasteiger partial charge in [-0.2, -0.15) is 0 Å². The van der Waals surface area contributed by atoms with Crippen LogP contribution in [0.2, 0.25) is 0 Å². The number of carbonyl (C=O) groups excluding carboxylic acids is 3. The third-order valence-corrected chi connectivity index (χ3v) is 7.29. The molecule has 8 nitrogen and oxygen atoms in total. The summed E-state index contributed by atoms with van der Waals surface area (Å²) in [5, 5.41) is 9.90. The first kappa shape index (κ1) is 23.0. The number of unbranched alkanes of at least 4 members (excludes halogenated alkanes) is 1. The van der Waals surface area contributed by atoms with Crippen LogP contribution in [0.15, 0.2) is 24.3 Å². The predicted molar refractivity (Wildman–Crippen MR) is 116 cm³/mol.